The number of carboxylic acid groups (broad SMARTS) is 1. The molecule has 0 radical (unpaired) electrons. The Kier molecular flexibility index (Phi) is 5.73. The van der Waals surface area contributed by atoms with Crippen LogP contribution in [0.5, 0.6) is 0 Å². The van der Waals surface area contributed by atoms with Crippen LogP contribution >= 0.6 is 0 Å². The molecule has 0 atom stereocenters. The largest absolute Gasteiger partial charge is 0.478 e. The highest BCUT2D eigenvalue weighted by atomic mass is 19.1. The summed E-state index contributed by atoms with van der Waals surface area (Å²) in [7, 11) is 0. The SMILES string of the molecule is CC(C)N(CCC#N)c1ccc(F)cc1C=CC(=O)O. The fraction of sp³-hybridized carbons (Fsp3) is 0.333. The summed E-state index contributed by atoms with van der Waals surface area (Å²) in [5, 5.41) is 17.4. The molecule has 0 aromatic heterocycles. The number of halogens is 1. The molecule has 1 aromatic rings. The number of carboxylic acids is 1. The van der Waals surface area contributed by atoms with Crippen LogP contribution in [0.3, 0.4) is 0 Å². The number of benzene rings is 1. The fourth-order valence-electron chi connectivity index (χ4n) is 1.91. The van der Waals surface area contributed by atoms with Crippen LogP contribution in [0, 0.1) is 17.1 Å². The second kappa shape index (κ2) is 7.29. The molecule has 1 aromatic carbocycles. The molecule has 0 spiro atoms. The number of hydrogen-bond acceptors (Lipinski definition) is 3. The Hall–Kier alpha value is -2.35. The topological polar surface area (TPSA) is 64.3 Å². The van der Waals surface area contributed by atoms with Gasteiger partial charge in [-0.3, -0.25) is 0 Å². The van der Waals surface area contributed by atoms with E-state index in [4.69, 9.17) is 10.4 Å². The van der Waals surface area contributed by atoms with E-state index in [0.29, 0.717) is 24.2 Å². The van der Waals surface area contributed by atoms with Crippen molar-refractivity contribution in [2.24, 2.45) is 0 Å². The predicted octanol–water partition coefficient (Wildman–Crippen LogP) is 3.05. The molecule has 0 saturated heterocycles. The zero-order chi connectivity index (χ0) is 15.1. The van der Waals surface area contributed by atoms with Crippen molar-refractivity contribution in [2.75, 3.05) is 11.4 Å². The van der Waals surface area contributed by atoms with Crippen LogP contribution in [0.4, 0.5) is 10.1 Å². The first-order valence-corrected chi connectivity index (χ1v) is 6.30. The Bertz CT molecular complexity index is 547. The standard InChI is InChI=1S/C15H17FN2O2/c1-11(2)18(9-3-8-17)14-6-5-13(16)10-12(14)4-7-15(19)20/h4-7,10-11H,3,9H2,1-2H3,(H,19,20). The minimum atomic E-state index is -1.09. The van der Waals surface area contributed by atoms with E-state index in [9.17, 15) is 9.18 Å². The molecule has 106 valence electrons. The Morgan fingerprint density at radius 2 is 2.25 bits per heavy atom. The Morgan fingerprint density at radius 3 is 2.80 bits per heavy atom. The molecule has 0 aliphatic rings. The third kappa shape index (κ3) is 4.39. The van der Waals surface area contributed by atoms with Crippen molar-refractivity contribution in [1.82, 2.24) is 0 Å². The highest BCUT2D eigenvalue weighted by Gasteiger charge is 2.14. The van der Waals surface area contributed by atoms with Crippen LogP contribution in [0.1, 0.15) is 25.8 Å². The molecule has 0 amide bonds. The van der Waals surface area contributed by atoms with Gasteiger partial charge in [0, 0.05) is 29.9 Å². The highest BCUT2D eigenvalue weighted by molar-refractivity contribution is 5.87. The molecule has 1 N–H and O–H groups in total. The van der Waals surface area contributed by atoms with E-state index in [1.54, 1.807) is 6.07 Å². The van der Waals surface area contributed by atoms with Gasteiger partial charge in [0.1, 0.15) is 5.82 Å². The van der Waals surface area contributed by atoms with Gasteiger partial charge in [-0.25, -0.2) is 9.18 Å². The number of aliphatic carboxylic acids is 1. The van der Waals surface area contributed by atoms with Gasteiger partial charge in [-0.15, -0.1) is 0 Å². The lowest BCUT2D eigenvalue weighted by atomic mass is 10.1. The van der Waals surface area contributed by atoms with Gasteiger partial charge < -0.3 is 10.0 Å². The molecule has 0 aliphatic carbocycles. The van der Waals surface area contributed by atoms with Crippen molar-refractivity contribution in [3.05, 3.63) is 35.7 Å². The smallest absolute Gasteiger partial charge is 0.328 e. The molecule has 0 unspecified atom stereocenters. The fourth-order valence-corrected chi connectivity index (χ4v) is 1.91. The van der Waals surface area contributed by atoms with Gasteiger partial charge in [0.05, 0.1) is 12.5 Å². The van der Waals surface area contributed by atoms with Gasteiger partial charge in [0.25, 0.3) is 0 Å². The maximum absolute atomic E-state index is 13.3. The summed E-state index contributed by atoms with van der Waals surface area (Å²) >= 11 is 0. The molecular formula is C15H17FN2O2. The summed E-state index contributed by atoms with van der Waals surface area (Å²) in [6.45, 7) is 4.44. The number of nitrogens with zero attached hydrogens (tertiary/aromatic N) is 2. The zero-order valence-corrected chi connectivity index (χ0v) is 11.5. The minimum Gasteiger partial charge on any atom is -0.478 e. The lowest BCUT2D eigenvalue weighted by Crippen LogP contribution is -2.32. The number of hydrogen-bond donors (Lipinski definition) is 1. The van der Waals surface area contributed by atoms with Crippen molar-refractivity contribution >= 4 is 17.7 Å². The van der Waals surface area contributed by atoms with E-state index < -0.39 is 11.8 Å². The molecule has 0 aliphatic heterocycles. The van der Waals surface area contributed by atoms with Crippen LogP contribution in [0.2, 0.25) is 0 Å². The molecule has 0 fully saturated rings. The second-order valence-electron chi connectivity index (χ2n) is 4.57. The molecule has 0 bridgehead atoms. The van der Waals surface area contributed by atoms with E-state index in [2.05, 4.69) is 6.07 Å². The van der Waals surface area contributed by atoms with Gasteiger partial charge in [0.2, 0.25) is 0 Å². The van der Waals surface area contributed by atoms with Gasteiger partial charge in [-0.1, -0.05) is 0 Å². The molecular weight excluding hydrogens is 259 g/mol. The van der Waals surface area contributed by atoms with Gasteiger partial charge in [-0.2, -0.15) is 5.26 Å². The maximum Gasteiger partial charge on any atom is 0.328 e. The van der Waals surface area contributed by atoms with Crippen LogP contribution in [0.25, 0.3) is 6.08 Å². The lowest BCUT2D eigenvalue weighted by Gasteiger charge is -2.29. The van der Waals surface area contributed by atoms with Crippen LogP contribution in [0.15, 0.2) is 24.3 Å². The van der Waals surface area contributed by atoms with Crippen molar-refractivity contribution in [3.8, 4) is 6.07 Å². The Balaban J connectivity index is 3.19. The average molecular weight is 276 g/mol. The third-order valence-corrected chi connectivity index (χ3v) is 2.79. The first kappa shape index (κ1) is 15.7. The quantitative estimate of drug-likeness (QED) is 0.811. The van der Waals surface area contributed by atoms with Crippen molar-refractivity contribution < 1.29 is 14.3 Å². The third-order valence-electron chi connectivity index (χ3n) is 2.79. The summed E-state index contributed by atoms with van der Waals surface area (Å²) in [5.74, 6) is -1.52. The molecule has 20 heavy (non-hydrogen) atoms. The number of anilines is 1. The number of rotatable bonds is 6. The summed E-state index contributed by atoms with van der Waals surface area (Å²) in [6, 6.07) is 6.41. The van der Waals surface area contributed by atoms with Gasteiger partial charge in [0.15, 0.2) is 0 Å². The average Bonchev–Trinajstić information content (AvgIpc) is 2.38. The Morgan fingerprint density at radius 1 is 1.55 bits per heavy atom. The van der Waals surface area contributed by atoms with Crippen LogP contribution in [-0.4, -0.2) is 23.7 Å². The van der Waals surface area contributed by atoms with Crippen molar-refractivity contribution in [1.29, 1.82) is 5.26 Å². The lowest BCUT2D eigenvalue weighted by molar-refractivity contribution is -0.131. The van der Waals surface area contributed by atoms with Crippen molar-refractivity contribution in [3.63, 3.8) is 0 Å². The molecule has 5 heteroatoms. The molecule has 1 rings (SSSR count). The van der Waals surface area contributed by atoms with Crippen molar-refractivity contribution in [2.45, 2.75) is 26.3 Å². The monoisotopic (exact) mass is 276 g/mol. The van der Waals surface area contributed by atoms with Gasteiger partial charge >= 0.3 is 5.97 Å². The summed E-state index contributed by atoms with van der Waals surface area (Å²) in [5.41, 5.74) is 1.20. The van der Waals surface area contributed by atoms with E-state index in [1.165, 1.54) is 18.2 Å². The normalized spacial score (nSPS) is 10.8. The molecule has 0 heterocycles. The second-order valence-corrected chi connectivity index (χ2v) is 4.57. The number of nitriles is 1. The zero-order valence-electron chi connectivity index (χ0n) is 11.5. The van der Waals surface area contributed by atoms with Gasteiger partial charge in [-0.05, 0) is 38.1 Å². The summed E-state index contributed by atoms with van der Waals surface area (Å²) < 4.78 is 13.3. The van der Waals surface area contributed by atoms with Crippen LogP contribution < -0.4 is 4.90 Å². The number of carbonyl (C=O) groups is 1. The first-order valence-electron chi connectivity index (χ1n) is 6.30. The van der Waals surface area contributed by atoms with E-state index in [-0.39, 0.29) is 6.04 Å². The highest BCUT2D eigenvalue weighted by Crippen LogP contribution is 2.25. The van der Waals surface area contributed by atoms with Crippen LogP contribution in [-0.2, 0) is 4.79 Å². The minimum absolute atomic E-state index is 0.116. The summed E-state index contributed by atoms with van der Waals surface area (Å²) in [4.78, 5) is 12.6. The predicted molar refractivity (Wildman–Crippen MR) is 75.8 cm³/mol. The van der Waals surface area contributed by atoms with E-state index in [0.717, 1.165) is 6.08 Å². The van der Waals surface area contributed by atoms with E-state index in [1.807, 2.05) is 18.7 Å². The Labute approximate surface area is 117 Å². The molecule has 0 saturated carbocycles. The van der Waals surface area contributed by atoms with E-state index >= 15 is 0 Å². The first-order chi connectivity index (χ1) is 9.45. The molecule has 4 nitrogen and oxygen atoms in total. The maximum atomic E-state index is 13.3. The summed E-state index contributed by atoms with van der Waals surface area (Å²) in [6.07, 6.45) is 2.68.